The predicted octanol–water partition coefficient (Wildman–Crippen LogP) is 6.12. The molecule has 11 heteroatoms. The second-order valence-electron chi connectivity index (χ2n) is 15.0. The molecule has 1 atom stereocenters. The lowest BCUT2D eigenvalue weighted by atomic mass is 10.0. The zero-order valence-corrected chi connectivity index (χ0v) is 32.8. The van der Waals surface area contributed by atoms with Crippen LogP contribution in [0.15, 0.2) is 97.1 Å². The average Bonchev–Trinajstić information content (AvgIpc) is 3.51. The smallest absolute Gasteiger partial charge is 0.260 e. The van der Waals surface area contributed by atoms with Gasteiger partial charge in [-0.05, 0) is 97.8 Å². The number of unbranched alkanes of at least 4 members (excludes halogenated alkanes) is 1. The normalized spacial score (nSPS) is 16.0. The van der Waals surface area contributed by atoms with Gasteiger partial charge in [0.1, 0.15) is 17.5 Å². The molecule has 0 saturated carbocycles. The highest BCUT2D eigenvalue weighted by Crippen LogP contribution is 2.34. The Balaban J connectivity index is 0.813. The number of para-hydroxylation sites is 1. The molecule has 2 aliphatic heterocycles. The van der Waals surface area contributed by atoms with Crippen LogP contribution in [0.1, 0.15) is 47.9 Å². The molecule has 2 aliphatic rings. The maximum atomic E-state index is 13.0. The first-order chi connectivity index (χ1) is 27.8. The van der Waals surface area contributed by atoms with Crippen molar-refractivity contribution in [2.45, 2.75) is 58.7 Å². The highest BCUT2D eigenvalue weighted by Gasteiger charge is 2.31. The van der Waals surface area contributed by atoms with Gasteiger partial charge >= 0.3 is 0 Å². The molecule has 5 aromatic rings. The Hall–Kier alpha value is -5.94. The monoisotopic (exact) mass is 769 g/mol. The molecule has 7 rings (SSSR count). The Morgan fingerprint density at radius 1 is 0.860 bits per heavy atom. The number of piperidine rings is 1. The topological polar surface area (TPSA) is 113 Å². The lowest BCUT2D eigenvalue weighted by Gasteiger charge is -2.34. The van der Waals surface area contributed by atoms with Crippen LogP contribution in [-0.4, -0.2) is 95.4 Å². The van der Waals surface area contributed by atoms with Crippen molar-refractivity contribution < 1.29 is 28.7 Å². The summed E-state index contributed by atoms with van der Waals surface area (Å²) in [5.74, 6) is 0.538. The number of imide groups is 1. The van der Waals surface area contributed by atoms with Crippen LogP contribution in [0.3, 0.4) is 0 Å². The Morgan fingerprint density at radius 3 is 2.35 bits per heavy atom. The van der Waals surface area contributed by atoms with Crippen molar-refractivity contribution >= 4 is 35.0 Å². The van der Waals surface area contributed by atoms with Crippen LogP contribution in [0, 0.1) is 13.8 Å². The summed E-state index contributed by atoms with van der Waals surface area (Å²) >= 11 is 0. The SMILES string of the molecule is Cc1ccc(OCC(=O)N2CCN(CCCCOc3ccc(Cn4c(-c5ccccc5)c(C)c5ccccc54)cc3)CC2)cc1CN(C=O)C1CCC(=O)NC1=O. The largest absolute Gasteiger partial charge is 0.494 e. The van der Waals surface area contributed by atoms with E-state index in [0.29, 0.717) is 31.9 Å². The van der Waals surface area contributed by atoms with Gasteiger partial charge in [-0.3, -0.25) is 29.4 Å². The minimum Gasteiger partial charge on any atom is -0.494 e. The quantitative estimate of drug-likeness (QED) is 0.0732. The van der Waals surface area contributed by atoms with Crippen LogP contribution in [0.25, 0.3) is 22.2 Å². The molecule has 1 aromatic heterocycles. The van der Waals surface area contributed by atoms with Crippen LogP contribution in [0.4, 0.5) is 0 Å². The van der Waals surface area contributed by atoms with E-state index >= 15 is 0 Å². The number of aromatic nitrogens is 1. The van der Waals surface area contributed by atoms with Crippen molar-refractivity contribution in [3.8, 4) is 22.8 Å². The summed E-state index contributed by atoms with van der Waals surface area (Å²) in [6, 6.07) is 32.5. The van der Waals surface area contributed by atoms with Crippen LogP contribution < -0.4 is 14.8 Å². The molecule has 57 heavy (non-hydrogen) atoms. The maximum Gasteiger partial charge on any atom is 0.260 e. The summed E-state index contributed by atoms with van der Waals surface area (Å²) < 4.78 is 14.4. The number of nitrogens with zero attached hydrogens (tertiary/aromatic N) is 4. The number of nitrogens with one attached hydrogen (secondary N) is 1. The second-order valence-corrected chi connectivity index (χ2v) is 15.0. The number of ether oxygens (including phenoxy) is 2. The van der Waals surface area contributed by atoms with Gasteiger partial charge in [0.15, 0.2) is 6.61 Å². The van der Waals surface area contributed by atoms with Gasteiger partial charge in [0.05, 0.1) is 12.3 Å². The van der Waals surface area contributed by atoms with Crippen molar-refractivity contribution in [2.75, 3.05) is 45.9 Å². The average molecular weight is 770 g/mol. The number of rotatable bonds is 16. The van der Waals surface area contributed by atoms with E-state index < -0.39 is 11.9 Å². The fourth-order valence-electron chi connectivity index (χ4n) is 7.89. The van der Waals surface area contributed by atoms with E-state index in [-0.39, 0.29) is 37.8 Å². The van der Waals surface area contributed by atoms with E-state index in [1.54, 1.807) is 12.1 Å². The zero-order chi connectivity index (χ0) is 39.7. The molecule has 1 unspecified atom stereocenters. The number of benzene rings is 4. The fraction of sp³-hybridized carbons (Fsp3) is 0.348. The lowest BCUT2D eigenvalue weighted by molar-refractivity contribution is -0.141. The standard InChI is InChI=1S/C46H51N5O6/c1-33-14-17-39(28-37(33)30-50(32-52)42-20-21-43(53)47-46(42)55)57-31-44(54)49-25-23-48(24-26-49)22-8-9-27-56-38-18-15-35(16-19-38)29-51-41-13-7-6-12-40(41)34(2)45(51)36-10-4-3-5-11-36/h3-7,10-19,28,32,42H,8-9,20-27,29-31H2,1-2H3,(H,47,53,55). The first-order valence-corrected chi connectivity index (χ1v) is 19.9. The summed E-state index contributed by atoms with van der Waals surface area (Å²) in [5.41, 5.74) is 7.96. The molecular weight excluding hydrogens is 719 g/mol. The molecular formula is C46H51N5O6. The Morgan fingerprint density at radius 2 is 1.60 bits per heavy atom. The molecule has 0 bridgehead atoms. The van der Waals surface area contributed by atoms with E-state index in [9.17, 15) is 19.2 Å². The van der Waals surface area contributed by atoms with Gasteiger partial charge in [-0.15, -0.1) is 0 Å². The van der Waals surface area contributed by atoms with Crippen LogP contribution in [0.5, 0.6) is 11.5 Å². The van der Waals surface area contributed by atoms with Crippen molar-refractivity contribution in [1.82, 2.24) is 24.6 Å². The third-order valence-corrected chi connectivity index (χ3v) is 11.2. The second kappa shape index (κ2) is 18.3. The highest BCUT2D eigenvalue weighted by molar-refractivity contribution is 6.00. The zero-order valence-electron chi connectivity index (χ0n) is 32.8. The number of aryl methyl sites for hydroxylation is 2. The summed E-state index contributed by atoms with van der Waals surface area (Å²) in [7, 11) is 0. The maximum absolute atomic E-state index is 13.0. The Labute approximate surface area is 334 Å². The van der Waals surface area contributed by atoms with Gasteiger partial charge in [-0.2, -0.15) is 0 Å². The van der Waals surface area contributed by atoms with Crippen LogP contribution >= 0.6 is 0 Å². The Bertz CT molecular complexity index is 2190. The third-order valence-electron chi connectivity index (χ3n) is 11.2. The van der Waals surface area contributed by atoms with Crippen molar-refractivity contribution in [3.05, 3.63) is 119 Å². The van der Waals surface area contributed by atoms with Crippen molar-refractivity contribution in [3.63, 3.8) is 0 Å². The van der Waals surface area contributed by atoms with Gasteiger partial charge < -0.3 is 23.8 Å². The van der Waals surface area contributed by atoms with Crippen LogP contribution in [-0.2, 0) is 32.3 Å². The van der Waals surface area contributed by atoms with Crippen molar-refractivity contribution in [2.24, 2.45) is 0 Å². The number of carbonyl (C=O) groups is 4. The van der Waals surface area contributed by atoms with Gasteiger partial charge in [-0.1, -0.05) is 66.7 Å². The van der Waals surface area contributed by atoms with E-state index in [1.807, 2.05) is 17.9 Å². The molecule has 2 fully saturated rings. The first-order valence-electron chi connectivity index (χ1n) is 19.9. The fourth-order valence-corrected chi connectivity index (χ4v) is 7.89. The van der Waals surface area contributed by atoms with E-state index in [2.05, 4.69) is 101 Å². The molecule has 11 nitrogen and oxygen atoms in total. The van der Waals surface area contributed by atoms with E-state index in [4.69, 9.17) is 9.47 Å². The highest BCUT2D eigenvalue weighted by atomic mass is 16.5. The molecule has 3 heterocycles. The van der Waals surface area contributed by atoms with Gasteiger partial charge in [0, 0.05) is 56.6 Å². The van der Waals surface area contributed by atoms with E-state index in [0.717, 1.165) is 55.9 Å². The molecule has 4 amide bonds. The number of fused-ring (bicyclic) bond motifs is 1. The van der Waals surface area contributed by atoms with E-state index in [1.165, 1.54) is 38.2 Å². The van der Waals surface area contributed by atoms with Gasteiger partial charge in [-0.25, -0.2) is 0 Å². The lowest BCUT2D eigenvalue weighted by Crippen LogP contribution is -2.51. The summed E-state index contributed by atoms with van der Waals surface area (Å²) in [4.78, 5) is 54.4. The minimum absolute atomic E-state index is 0.0669. The number of hydrogen-bond donors (Lipinski definition) is 1. The van der Waals surface area contributed by atoms with Gasteiger partial charge in [0.25, 0.3) is 5.91 Å². The Kier molecular flexibility index (Phi) is 12.6. The minimum atomic E-state index is -0.705. The molecule has 0 spiro atoms. The first kappa shape index (κ1) is 39.3. The third kappa shape index (κ3) is 9.55. The summed E-state index contributed by atoms with van der Waals surface area (Å²) in [5, 5.41) is 3.58. The molecule has 1 N–H and O–H groups in total. The predicted molar refractivity (Wildman–Crippen MR) is 220 cm³/mol. The van der Waals surface area contributed by atoms with Crippen molar-refractivity contribution in [1.29, 1.82) is 0 Å². The molecule has 0 radical (unpaired) electrons. The molecule has 296 valence electrons. The van der Waals surface area contributed by atoms with Crippen LogP contribution in [0.2, 0.25) is 0 Å². The number of piperazine rings is 1. The summed E-state index contributed by atoms with van der Waals surface area (Å²) in [6.45, 7) is 9.54. The van der Waals surface area contributed by atoms with Gasteiger partial charge in [0.2, 0.25) is 18.2 Å². The molecule has 2 saturated heterocycles. The molecule has 0 aliphatic carbocycles. The number of hydrogen-bond acceptors (Lipinski definition) is 7. The number of carbonyl (C=O) groups excluding carboxylic acids is 4. The molecule has 4 aromatic carbocycles. The number of amides is 4. The summed E-state index contributed by atoms with van der Waals surface area (Å²) in [6.07, 6.45) is 3.07.